The monoisotopic (exact) mass is 385 g/mol. The number of aliphatic imine (C=N–C) groups is 1. The van der Waals surface area contributed by atoms with E-state index in [4.69, 9.17) is 15.5 Å². The minimum absolute atomic E-state index is 0.154. The van der Waals surface area contributed by atoms with E-state index in [9.17, 15) is 0 Å². The first kappa shape index (κ1) is 20.8. The first-order valence-electron chi connectivity index (χ1n) is 10.5. The van der Waals surface area contributed by atoms with Gasteiger partial charge in [0.2, 0.25) is 0 Å². The molecular weight excluding hydrogens is 350 g/mol. The van der Waals surface area contributed by atoms with Crippen LogP contribution in [0, 0.1) is 6.92 Å². The number of hydrogen-bond donors (Lipinski definition) is 2. The van der Waals surface area contributed by atoms with Crippen molar-refractivity contribution in [1.82, 2.24) is 10.3 Å². The van der Waals surface area contributed by atoms with Gasteiger partial charge in [0, 0.05) is 50.4 Å². The summed E-state index contributed by atoms with van der Waals surface area (Å²) in [7, 11) is 1.82. The normalized spacial score (nSPS) is 24.8. The average Bonchev–Trinajstić information content (AvgIpc) is 2.69. The van der Waals surface area contributed by atoms with Crippen molar-refractivity contribution >= 4 is 17.7 Å². The highest BCUT2D eigenvalue weighted by Gasteiger charge is 2.32. The smallest absolute Gasteiger partial charge is 0.154 e. The van der Waals surface area contributed by atoms with Crippen LogP contribution in [0.1, 0.15) is 51.0 Å². The Morgan fingerprint density at radius 1 is 1.32 bits per heavy atom. The summed E-state index contributed by atoms with van der Waals surface area (Å²) in [5, 5.41) is 3.88. The summed E-state index contributed by atoms with van der Waals surface area (Å²) < 4.78 is 5.88. The van der Waals surface area contributed by atoms with Gasteiger partial charge in [-0.2, -0.15) is 0 Å². The number of pyridine rings is 1. The Morgan fingerprint density at radius 3 is 2.82 bits per heavy atom. The highest BCUT2D eigenvalue weighted by Crippen LogP contribution is 2.30. The third-order valence-electron chi connectivity index (χ3n) is 5.75. The van der Waals surface area contributed by atoms with Crippen LogP contribution in [0.25, 0.3) is 0 Å². The molecule has 1 aromatic heterocycles. The second kappa shape index (κ2) is 10.0. The van der Waals surface area contributed by atoms with Crippen LogP contribution in [-0.2, 0) is 4.74 Å². The molecule has 6 nitrogen and oxygen atoms in total. The van der Waals surface area contributed by atoms with E-state index in [1.807, 2.05) is 33.2 Å². The van der Waals surface area contributed by atoms with E-state index in [2.05, 4.69) is 21.3 Å². The molecule has 2 heterocycles. The summed E-state index contributed by atoms with van der Waals surface area (Å²) in [6.45, 7) is 5.67. The molecule has 3 rings (SSSR count). The molecule has 0 radical (unpaired) electrons. The van der Waals surface area contributed by atoms with Gasteiger partial charge in [-0.1, -0.05) is 19.3 Å². The number of anilines is 1. The minimum atomic E-state index is 0.154. The molecule has 1 aliphatic heterocycles. The molecular formula is C22H35N5O. The molecule has 2 fully saturated rings. The lowest BCUT2D eigenvalue weighted by atomic mass is 9.92. The lowest BCUT2D eigenvalue weighted by Gasteiger charge is -2.41. The van der Waals surface area contributed by atoms with Crippen LogP contribution in [0.15, 0.2) is 29.0 Å². The van der Waals surface area contributed by atoms with Gasteiger partial charge >= 0.3 is 0 Å². The van der Waals surface area contributed by atoms with Crippen molar-refractivity contribution in [2.45, 2.75) is 70.6 Å². The van der Waals surface area contributed by atoms with Gasteiger partial charge in [0.1, 0.15) is 5.69 Å². The predicted molar refractivity (Wildman–Crippen MR) is 116 cm³/mol. The first-order chi connectivity index (χ1) is 13.6. The van der Waals surface area contributed by atoms with Crippen LogP contribution in [0.4, 0.5) is 11.5 Å². The average molecular weight is 386 g/mol. The van der Waals surface area contributed by atoms with Gasteiger partial charge in [-0.05, 0) is 50.8 Å². The maximum atomic E-state index is 5.88. The predicted octanol–water partition coefficient (Wildman–Crippen LogP) is 3.47. The fourth-order valence-electron chi connectivity index (χ4n) is 4.23. The Hall–Kier alpha value is -1.92. The third kappa shape index (κ3) is 5.55. The lowest BCUT2D eigenvalue weighted by molar-refractivity contribution is 0.0534. The van der Waals surface area contributed by atoms with Crippen molar-refractivity contribution in [3.63, 3.8) is 0 Å². The highest BCUT2D eigenvalue weighted by molar-refractivity contribution is 5.78. The number of aromatic nitrogens is 1. The van der Waals surface area contributed by atoms with E-state index >= 15 is 0 Å². The van der Waals surface area contributed by atoms with Crippen LogP contribution in [0.3, 0.4) is 0 Å². The van der Waals surface area contributed by atoms with Crippen molar-refractivity contribution in [2.24, 2.45) is 10.7 Å². The van der Waals surface area contributed by atoms with E-state index < -0.39 is 0 Å². The number of nitrogens with one attached hydrogen (secondary N) is 1. The number of rotatable bonds is 6. The molecule has 0 amide bonds. The second-order valence-electron chi connectivity index (χ2n) is 8.16. The number of ether oxygens (including phenoxy) is 1. The molecule has 0 spiro atoms. The van der Waals surface area contributed by atoms with Crippen LogP contribution in [-0.4, -0.2) is 49.6 Å². The number of methoxy groups -OCH3 is 1. The van der Waals surface area contributed by atoms with Crippen molar-refractivity contribution in [3.05, 3.63) is 29.6 Å². The van der Waals surface area contributed by atoms with Crippen molar-refractivity contribution in [3.8, 4) is 0 Å². The summed E-state index contributed by atoms with van der Waals surface area (Å²) in [5.41, 5.74) is 8.43. The summed E-state index contributed by atoms with van der Waals surface area (Å²) in [5.74, 6) is 0.920. The molecule has 2 atom stereocenters. The van der Waals surface area contributed by atoms with Gasteiger partial charge < -0.3 is 20.7 Å². The van der Waals surface area contributed by atoms with Gasteiger partial charge in [-0.3, -0.25) is 4.99 Å². The molecule has 0 aromatic carbocycles. The summed E-state index contributed by atoms with van der Waals surface area (Å²) >= 11 is 0. The van der Waals surface area contributed by atoms with Crippen LogP contribution >= 0.6 is 0 Å². The SMILES string of the molecule is COC1CN(c2ncc(C)cc2N=CC=C(C)N)CCC1NC1CCCCC1. The van der Waals surface area contributed by atoms with E-state index in [-0.39, 0.29) is 6.10 Å². The van der Waals surface area contributed by atoms with Gasteiger partial charge in [-0.15, -0.1) is 0 Å². The van der Waals surface area contributed by atoms with Crippen LogP contribution < -0.4 is 16.0 Å². The van der Waals surface area contributed by atoms with Gasteiger partial charge in [-0.25, -0.2) is 4.98 Å². The largest absolute Gasteiger partial charge is 0.402 e. The topological polar surface area (TPSA) is 75.8 Å². The fourth-order valence-corrected chi connectivity index (χ4v) is 4.23. The summed E-state index contributed by atoms with van der Waals surface area (Å²) in [4.78, 5) is 11.6. The number of allylic oxidation sites excluding steroid dienone is 2. The van der Waals surface area contributed by atoms with Crippen LogP contribution in [0.2, 0.25) is 0 Å². The molecule has 1 saturated carbocycles. The number of piperidine rings is 1. The minimum Gasteiger partial charge on any atom is -0.402 e. The summed E-state index contributed by atoms with van der Waals surface area (Å²) in [6.07, 6.45) is 13.3. The zero-order valence-electron chi connectivity index (χ0n) is 17.5. The van der Waals surface area contributed by atoms with Gasteiger partial charge in [0.15, 0.2) is 5.82 Å². The molecule has 0 bridgehead atoms. The molecule has 1 aromatic rings. The molecule has 28 heavy (non-hydrogen) atoms. The molecule has 154 valence electrons. The van der Waals surface area contributed by atoms with E-state index in [1.54, 1.807) is 6.21 Å². The summed E-state index contributed by atoms with van der Waals surface area (Å²) in [6, 6.07) is 3.13. The number of aryl methyl sites for hydroxylation is 1. The highest BCUT2D eigenvalue weighted by atomic mass is 16.5. The Kier molecular flexibility index (Phi) is 7.45. The number of nitrogens with zero attached hydrogens (tertiary/aromatic N) is 3. The van der Waals surface area contributed by atoms with E-state index in [0.717, 1.165) is 42.3 Å². The van der Waals surface area contributed by atoms with Crippen LogP contribution in [0.5, 0.6) is 0 Å². The Bertz CT molecular complexity index is 692. The zero-order valence-corrected chi connectivity index (χ0v) is 17.5. The molecule has 2 aliphatic rings. The molecule has 1 saturated heterocycles. The van der Waals surface area contributed by atoms with Crippen molar-refractivity contribution in [2.75, 3.05) is 25.1 Å². The fraction of sp³-hybridized carbons (Fsp3) is 0.636. The molecule has 6 heteroatoms. The Labute approximate surface area is 169 Å². The number of hydrogen-bond acceptors (Lipinski definition) is 6. The first-order valence-corrected chi connectivity index (χ1v) is 10.5. The third-order valence-corrected chi connectivity index (χ3v) is 5.75. The molecule has 3 N–H and O–H groups in total. The zero-order chi connectivity index (χ0) is 19.9. The van der Waals surface area contributed by atoms with Gasteiger partial charge in [0.05, 0.1) is 6.10 Å². The number of nitrogens with two attached hydrogens (primary N) is 1. The van der Waals surface area contributed by atoms with E-state index in [1.165, 1.54) is 32.1 Å². The molecule has 2 unspecified atom stereocenters. The van der Waals surface area contributed by atoms with Crippen molar-refractivity contribution in [1.29, 1.82) is 0 Å². The maximum absolute atomic E-state index is 5.88. The Morgan fingerprint density at radius 2 is 2.11 bits per heavy atom. The second-order valence-corrected chi connectivity index (χ2v) is 8.16. The van der Waals surface area contributed by atoms with E-state index in [0.29, 0.717) is 12.1 Å². The maximum Gasteiger partial charge on any atom is 0.154 e. The van der Waals surface area contributed by atoms with Gasteiger partial charge in [0.25, 0.3) is 0 Å². The van der Waals surface area contributed by atoms with Crippen molar-refractivity contribution < 1.29 is 4.74 Å². The lowest BCUT2D eigenvalue weighted by Crippen LogP contribution is -2.56. The quantitative estimate of drug-likeness (QED) is 0.734. The standard InChI is InChI=1S/C22H35N5O/c1-16-13-20(24-11-9-17(2)23)22(25-14-16)27-12-10-19(21(15-27)28-3)26-18-7-5-4-6-8-18/h9,11,13-14,18-19,21,26H,4-8,10,12,15,23H2,1-3H3. The molecule has 1 aliphatic carbocycles. The Balaban J connectivity index is 1.71.